The highest BCUT2D eigenvalue weighted by Crippen LogP contribution is 2.33. The number of pyridine rings is 1. The van der Waals surface area contributed by atoms with E-state index >= 15 is 0 Å². The Balaban J connectivity index is 1.74. The molecule has 2 aromatic rings. The molecule has 4 nitrogen and oxygen atoms in total. The van der Waals surface area contributed by atoms with Gasteiger partial charge in [-0.25, -0.2) is 4.98 Å². The van der Waals surface area contributed by atoms with Crippen LogP contribution >= 0.6 is 11.6 Å². The highest BCUT2D eigenvalue weighted by molar-refractivity contribution is 6.29. The molecule has 3 rings (SSSR count). The molecule has 0 saturated heterocycles. The van der Waals surface area contributed by atoms with Crippen LogP contribution in [0.1, 0.15) is 11.1 Å². The summed E-state index contributed by atoms with van der Waals surface area (Å²) >= 11 is 5.85. The van der Waals surface area contributed by atoms with Crippen LogP contribution in [0.15, 0.2) is 30.5 Å². The second kappa shape index (κ2) is 4.97. The molecule has 1 aliphatic heterocycles. The van der Waals surface area contributed by atoms with Crippen LogP contribution in [0.3, 0.4) is 0 Å². The number of aromatic nitrogens is 1. The third-order valence-corrected chi connectivity index (χ3v) is 3.06. The number of nitrogens with zero attached hydrogens (tertiary/aromatic N) is 1. The monoisotopic (exact) mass is 277 g/mol. The maximum atomic E-state index is 5.85. The minimum atomic E-state index is 0.277. The lowest BCUT2D eigenvalue weighted by Gasteiger charge is -2.09. The van der Waals surface area contributed by atoms with Crippen molar-refractivity contribution in [1.82, 2.24) is 4.98 Å². The minimum Gasteiger partial charge on any atom is -0.488 e. The quantitative estimate of drug-likeness (QED) is 0.807. The van der Waals surface area contributed by atoms with Crippen LogP contribution in [-0.2, 0) is 6.61 Å². The zero-order valence-electron chi connectivity index (χ0n) is 10.4. The predicted octanol–water partition coefficient (Wildman–Crippen LogP) is 3.35. The summed E-state index contributed by atoms with van der Waals surface area (Å²) in [5, 5.41) is 0.422. The Hall–Kier alpha value is -1.94. The van der Waals surface area contributed by atoms with E-state index in [9.17, 15) is 0 Å². The lowest BCUT2D eigenvalue weighted by Crippen LogP contribution is -1.97. The molecule has 0 aliphatic carbocycles. The van der Waals surface area contributed by atoms with Gasteiger partial charge in [-0.1, -0.05) is 17.7 Å². The summed E-state index contributed by atoms with van der Waals surface area (Å²) in [6.45, 7) is 2.65. The molecule has 0 atom stereocenters. The van der Waals surface area contributed by atoms with Crippen LogP contribution in [0, 0.1) is 6.92 Å². The van der Waals surface area contributed by atoms with Gasteiger partial charge in [0.05, 0.1) is 0 Å². The van der Waals surface area contributed by atoms with Crippen molar-refractivity contribution in [3.8, 4) is 17.2 Å². The van der Waals surface area contributed by atoms with Crippen molar-refractivity contribution in [3.63, 3.8) is 0 Å². The number of halogens is 1. The number of fused-ring (bicyclic) bond motifs is 1. The Labute approximate surface area is 115 Å². The molecule has 0 saturated carbocycles. The van der Waals surface area contributed by atoms with Crippen molar-refractivity contribution < 1.29 is 14.2 Å². The van der Waals surface area contributed by atoms with Crippen LogP contribution in [0.2, 0.25) is 5.15 Å². The maximum Gasteiger partial charge on any atom is 0.231 e. The number of hydrogen-bond donors (Lipinski definition) is 0. The van der Waals surface area contributed by atoms with E-state index in [1.807, 2.05) is 25.1 Å². The Kier molecular flexibility index (Phi) is 3.17. The molecular weight excluding hydrogens is 266 g/mol. The van der Waals surface area contributed by atoms with Crippen molar-refractivity contribution in [2.45, 2.75) is 13.5 Å². The predicted molar refractivity (Wildman–Crippen MR) is 70.9 cm³/mol. The van der Waals surface area contributed by atoms with Gasteiger partial charge in [0.25, 0.3) is 0 Å². The highest BCUT2D eigenvalue weighted by Gasteiger charge is 2.13. The van der Waals surface area contributed by atoms with Crippen LogP contribution in [0.5, 0.6) is 17.2 Å². The molecule has 0 bridgehead atoms. The van der Waals surface area contributed by atoms with E-state index in [0.717, 1.165) is 28.4 Å². The summed E-state index contributed by atoms with van der Waals surface area (Å²) in [6, 6.07) is 7.46. The molecule has 2 heterocycles. The van der Waals surface area contributed by atoms with E-state index in [2.05, 4.69) is 4.98 Å². The molecule has 5 heteroatoms. The first-order valence-electron chi connectivity index (χ1n) is 5.86. The summed E-state index contributed by atoms with van der Waals surface area (Å²) in [4.78, 5) is 3.99. The van der Waals surface area contributed by atoms with Gasteiger partial charge >= 0.3 is 0 Å². The number of aryl methyl sites for hydroxylation is 1. The normalized spacial score (nSPS) is 12.5. The van der Waals surface area contributed by atoms with Crippen LogP contribution in [0.25, 0.3) is 0 Å². The standard InChI is InChI=1S/C14H12ClNO3/c1-9-6-16-14(15)5-12(9)17-7-10-2-3-11-13(4-10)19-8-18-11/h2-6H,7-8H2,1H3. The molecule has 1 aromatic carbocycles. The highest BCUT2D eigenvalue weighted by atomic mass is 35.5. The van der Waals surface area contributed by atoms with E-state index in [4.69, 9.17) is 25.8 Å². The molecular formula is C14H12ClNO3. The summed E-state index contributed by atoms with van der Waals surface area (Å²) in [6.07, 6.45) is 1.69. The minimum absolute atomic E-state index is 0.277. The number of benzene rings is 1. The molecule has 19 heavy (non-hydrogen) atoms. The number of rotatable bonds is 3. The molecule has 0 N–H and O–H groups in total. The zero-order chi connectivity index (χ0) is 13.2. The fourth-order valence-corrected chi connectivity index (χ4v) is 1.98. The second-order valence-corrected chi connectivity index (χ2v) is 4.64. The van der Waals surface area contributed by atoms with Crippen molar-refractivity contribution in [3.05, 3.63) is 46.7 Å². The van der Waals surface area contributed by atoms with Gasteiger partial charge in [0.1, 0.15) is 17.5 Å². The Bertz CT molecular complexity index is 616. The Morgan fingerprint density at radius 2 is 2.11 bits per heavy atom. The Morgan fingerprint density at radius 1 is 1.26 bits per heavy atom. The average Bonchev–Trinajstić information content (AvgIpc) is 2.87. The van der Waals surface area contributed by atoms with E-state index < -0.39 is 0 Å². The van der Waals surface area contributed by atoms with E-state index in [-0.39, 0.29) is 6.79 Å². The first kappa shape index (κ1) is 12.1. The third kappa shape index (κ3) is 2.58. The summed E-state index contributed by atoms with van der Waals surface area (Å²) in [7, 11) is 0. The molecule has 0 amide bonds. The summed E-state index contributed by atoms with van der Waals surface area (Å²) in [5.41, 5.74) is 1.96. The SMILES string of the molecule is Cc1cnc(Cl)cc1OCc1ccc2c(c1)OCO2. The number of hydrogen-bond acceptors (Lipinski definition) is 4. The van der Waals surface area contributed by atoms with Gasteiger partial charge in [-0.3, -0.25) is 0 Å². The summed E-state index contributed by atoms with van der Waals surface area (Å²) < 4.78 is 16.3. The molecule has 1 aliphatic rings. The lowest BCUT2D eigenvalue weighted by molar-refractivity contribution is 0.174. The van der Waals surface area contributed by atoms with Crippen molar-refractivity contribution in [2.24, 2.45) is 0 Å². The molecule has 0 fully saturated rings. The Morgan fingerprint density at radius 3 is 3.00 bits per heavy atom. The fraction of sp³-hybridized carbons (Fsp3) is 0.214. The van der Waals surface area contributed by atoms with E-state index in [0.29, 0.717) is 11.8 Å². The van der Waals surface area contributed by atoms with Crippen LogP contribution < -0.4 is 14.2 Å². The fourth-order valence-electron chi connectivity index (χ4n) is 1.83. The van der Waals surface area contributed by atoms with Gasteiger partial charge in [0.15, 0.2) is 11.5 Å². The lowest BCUT2D eigenvalue weighted by atomic mass is 10.2. The first-order valence-corrected chi connectivity index (χ1v) is 6.23. The van der Waals surface area contributed by atoms with E-state index in [1.54, 1.807) is 12.3 Å². The van der Waals surface area contributed by atoms with Crippen LogP contribution in [0.4, 0.5) is 0 Å². The third-order valence-electron chi connectivity index (χ3n) is 2.85. The second-order valence-electron chi connectivity index (χ2n) is 4.25. The van der Waals surface area contributed by atoms with Crippen molar-refractivity contribution >= 4 is 11.6 Å². The van der Waals surface area contributed by atoms with Gasteiger partial charge in [-0.15, -0.1) is 0 Å². The largest absolute Gasteiger partial charge is 0.488 e. The topological polar surface area (TPSA) is 40.6 Å². The van der Waals surface area contributed by atoms with Gasteiger partial charge in [0.2, 0.25) is 6.79 Å². The van der Waals surface area contributed by atoms with E-state index in [1.165, 1.54) is 0 Å². The van der Waals surface area contributed by atoms with Crippen molar-refractivity contribution in [1.29, 1.82) is 0 Å². The van der Waals surface area contributed by atoms with Gasteiger partial charge in [-0.2, -0.15) is 0 Å². The molecule has 0 radical (unpaired) electrons. The molecule has 1 aromatic heterocycles. The molecule has 98 valence electrons. The van der Waals surface area contributed by atoms with Gasteiger partial charge < -0.3 is 14.2 Å². The summed E-state index contributed by atoms with van der Waals surface area (Å²) in [5.74, 6) is 2.26. The smallest absolute Gasteiger partial charge is 0.231 e. The van der Waals surface area contributed by atoms with Gasteiger partial charge in [0, 0.05) is 17.8 Å². The maximum absolute atomic E-state index is 5.85. The number of ether oxygens (including phenoxy) is 3. The average molecular weight is 278 g/mol. The van der Waals surface area contributed by atoms with Gasteiger partial charge in [-0.05, 0) is 24.6 Å². The van der Waals surface area contributed by atoms with Crippen LogP contribution in [-0.4, -0.2) is 11.8 Å². The zero-order valence-corrected chi connectivity index (χ0v) is 11.1. The van der Waals surface area contributed by atoms with Crippen molar-refractivity contribution in [2.75, 3.05) is 6.79 Å². The first-order chi connectivity index (χ1) is 9.22. The molecule has 0 spiro atoms. The molecule has 0 unspecified atom stereocenters.